The van der Waals surface area contributed by atoms with E-state index in [0.29, 0.717) is 17.0 Å². The van der Waals surface area contributed by atoms with Gasteiger partial charge in [-0.1, -0.05) is 72.8 Å². The Labute approximate surface area is 169 Å². The Morgan fingerprint density at radius 3 is 2.21 bits per heavy atom. The van der Waals surface area contributed by atoms with Crippen LogP contribution in [0, 0.1) is 0 Å². The van der Waals surface area contributed by atoms with Gasteiger partial charge in [-0.25, -0.2) is 4.79 Å². The summed E-state index contributed by atoms with van der Waals surface area (Å²) in [5.74, 6) is -0.495. The molecule has 0 saturated heterocycles. The third-order valence-corrected chi connectivity index (χ3v) is 5.41. The molecule has 0 spiro atoms. The molecule has 1 aliphatic carbocycles. The molecule has 3 aromatic carbocycles. The number of carboxylic acids is 1. The topological polar surface area (TPSA) is 63.6 Å². The summed E-state index contributed by atoms with van der Waals surface area (Å²) in [6.45, 7) is -0.228. The first kappa shape index (κ1) is 19.1. The second-order valence-electron chi connectivity index (χ2n) is 7.39. The lowest BCUT2D eigenvalue weighted by Crippen LogP contribution is -2.31. The van der Waals surface area contributed by atoms with E-state index in [1.807, 2.05) is 54.6 Å². The number of hydrogen-bond donors (Lipinski definition) is 1. The van der Waals surface area contributed by atoms with E-state index in [9.17, 15) is 9.59 Å². The molecule has 3 aromatic rings. The second kappa shape index (κ2) is 8.41. The predicted octanol–water partition coefficient (Wildman–Crippen LogP) is 4.93. The Morgan fingerprint density at radius 2 is 1.52 bits per heavy atom. The quantitative estimate of drug-likeness (QED) is 0.585. The second-order valence-corrected chi connectivity index (χ2v) is 7.39. The fourth-order valence-corrected chi connectivity index (χ4v) is 3.71. The Bertz CT molecular complexity index is 1000. The van der Waals surface area contributed by atoms with E-state index in [0.717, 1.165) is 24.0 Å². The maximum absolute atomic E-state index is 12.7. The first-order valence-electron chi connectivity index (χ1n) is 9.73. The molecule has 1 saturated carbocycles. The molecule has 4 rings (SSSR count). The molecule has 0 aliphatic heterocycles. The lowest BCUT2D eigenvalue weighted by molar-refractivity contribution is -0.146. The summed E-state index contributed by atoms with van der Waals surface area (Å²) in [6, 6.07) is 25.4. The SMILES string of the molecule is O=C(O)CO[C@H]1C[C@@H](c2ccc(-c3cccc(C(=O)c4ccccc4)c3)cc2)C1. The molecule has 29 heavy (non-hydrogen) atoms. The molecule has 4 nitrogen and oxygen atoms in total. The van der Waals surface area contributed by atoms with Gasteiger partial charge >= 0.3 is 5.97 Å². The van der Waals surface area contributed by atoms with Crippen molar-refractivity contribution in [3.63, 3.8) is 0 Å². The van der Waals surface area contributed by atoms with Crippen molar-refractivity contribution in [2.45, 2.75) is 24.9 Å². The monoisotopic (exact) mass is 386 g/mol. The number of rotatable bonds is 7. The predicted molar refractivity (Wildman–Crippen MR) is 111 cm³/mol. The highest BCUT2D eigenvalue weighted by molar-refractivity contribution is 6.09. The van der Waals surface area contributed by atoms with Crippen LogP contribution in [0.3, 0.4) is 0 Å². The summed E-state index contributed by atoms with van der Waals surface area (Å²) in [7, 11) is 0. The van der Waals surface area contributed by atoms with Crippen molar-refractivity contribution in [2.24, 2.45) is 0 Å². The van der Waals surface area contributed by atoms with Crippen molar-refractivity contribution < 1.29 is 19.4 Å². The van der Waals surface area contributed by atoms with Crippen LogP contribution in [0.1, 0.15) is 40.2 Å². The fourth-order valence-electron chi connectivity index (χ4n) is 3.71. The van der Waals surface area contributed by atoms with Gasteiger partial charge in [-0.3, -0.25) is 4.79 Å². The van der Waals surface area contributed by atoms with Crippen molar-refractivity contribution in [2.75, 3.05) is 6.61 Å². The van der Waals surface area contributed by atoms with E-state index in [2.05, 4.69) is 24.3 Å². The van der Waals surface area contributed by atoms with E-state index in [1.165, 1.54) is 5.56 Å². The molecule has 0 radical (unpaired) electrons. The molecule has 1 N–H and O–H groups in total. The zero-order chi connectivity index (χ0) is 20.2. The summed E-state index contributed by atoms with van der Waals surface area (Å²) < 4.78 is 5.32. The molecule has 0 bridgehead atoms. The maximum atomic E-state index is 12.7. The van der Waals surface area contributed by atoms with Crippen LogP contribution in [-0.2, 0) is 9.53 Å². The van der Waals surface area contributed by atoms with Crippen LogP contribution in [0.5, 0.6) is 0 Å². The van der Waals surface area contributed by atoms with Gasteiger partial charge in [0.2, 0.25) is 0 Å². The van der Waals surface area contributed by atoms with E-state index in [1.54, 1.807) is 0 Å². The van der Waals surface area contributed by atoms with Gasteiger partial charge in [0.05, 0.1) is 6.10 Å². The molecular formula is C25H22O4. The van der Waals surface area contributed by atoms with Crippen molar-refractivity contribution >= 4 is 11.8 Å². The molecule has 1 fully saturated rings. The van der Waals surface area contributed by atoms with Gasteiger partial charge in [-0.05, 0) is 41.5 Å². The summed E-state index contributed by atoms with van der Waals surface area (Å²) in [5, 5.41) is 8.68. The van der Waals surface area contributed by atoms with Gasteiger partial charge in [0.25, 0.3) is 0 Å². The number of carbonyl (C=O) groups excluding carboxylic acids is 1. The maximum Gasteiger partial charge on any atom is 0.329 e. The van der Waals surface area contributed by atoms with Crippen LogP contribution in [0.4, 0.5) is 0 Å². The van der Waals surface area contributed by atoms with Crippen LogP contribution in [0.25, 0.3) is 11.1 Å². The number of hydrogen-bond acceptors (Lipinski definition) is 3. The Balaban J connectivity index is 1.43. The van der Waals surface area contributed by atoms with Crippen LogP contribution in [0.15, 0.2) is 78.9 Å². The minimum Gasteiger partial charge on any atom is -0.480 e. The van der Waals surface area contributed by atoms with Crippen LogP contribution in [-0.4, -0.2) is 29.6 Å². The average Bonchev–Trinajstić information content (AvgIpc) is 2.73. The van der Waals surface area contributed by atoms with Gasteiger partial charge in [0.15, 0.2) is 5.78 Å². The van der Waals surface area contributed by atoms with Crippen molar-refractivity contribution in [1.29, 1.82) is 0 Å². The normalized spacial score (nSPS) is 18.1. The highest BCUT2D eigenvalue weighted by Crippen LogP contribution is 2.39. The summed E-state index contributed by atoms with van der Waals surface area (Å²) >= 11 is 0. The molecule has 0 heterocycles. The first-order chi connectivity index (χ1) is 14.1. The smallest absolute Gasteiger partial charge is 0.329 e. The third kappa shape index (κ3) is 4.44. The Kier molecular flexibility index (Phi) is 5.54. The molecule has 146 valence electrons. The molecule has 0 unspecified atom stereocenters. The number of carbonyl (C=O) groups is 2. The van der Waals surface area contributed by atoms with Crippen LogP contribution >= 0.6 is 0 Å². The minimum atomic E-state index is -0.925. The number of ether oxygens (including phenoxy) is 1. The molecule has 0 aromatic heterocycles. The van der Waals surface area contributed by atoms with Crippen LogP contribution in [0.2, 0.25) is 0 Å². The average molecular weight is 386 g/mol. The zero-order valence-corrected chi connectivity index (χ0v) is 16.0. The van der Waals surface area contributed by atoms with E-state index in [-0.39, 0.29) is 18.5 Å². The lowest BCUT2D eigenvalue weighted by Gasteiger charge is -2.35. The summed E-state index contributed by atoms with van der Waals surface area (Å²) in [6.07, 6.45) is 1.75. The minimum absolute atomic E-state index is 0.0194. The Morgan fingerprint density at radius 1 is 0.828 bits per heavy atom. The fraction of sp³-hybridized carbons (Fsp3) is 0.200. The van der Waals surface area contributed by atoms with Gasteiger partial charge in [0.1, 0.15) is 6.61 Å². The molecule has 0 amide bonds. The number of ketones is 1. The van der Waals surface area contributed by atoms with E-state index >= 15 is 0 Å². The van der Waals surface area contributed by atoms with Gasteiger partial charge in [-0.15, -0.1) is 0 Å². The lowest BCUT2D eigenvalue weighted by atomic mass is 9.77. The molecule has 0 atom stereocenters. The van der Waals surface area contributed by atoms with Crippen LogP contribution < -0.4 is 0 Å². The van der Waals surface area contributed by atoms with Gasteiger partial charge in [0, 0.05) is 11.1 Å². The van der Waals surface area contributed by atoms with Crippen molar-refractivity contribution in [3.8, 4) is 11.1 Å². The highest BCUT2D eigenvalue weighted by Gasteiger charge is 2.31. The standard InChI is InChI=1S/C25H22O4/c26-24(27)16-29-23-14-22(15-23)18-11-9-17(10-12-18)20-7-4-8-21(13-20)25(28)19-5-2-1-3-6-19/h1-13,22-23H,14-16H2,(H,26,27)/t22-,23+. The van der Waals surface area contributed by atoms with E-state index in [4.69, 9.17) is 9.84 Å². The van der Waals surface area contributed by atoms with E-state index < -0.39 is 5.97 Å². The summed E-state index contributed by atoms with van der Waals surface area (Å²) in [4.78, 5) is 23.3. The molecule has 4 heteroatoms. The zero-order valence-electron chi connectivity index (χ0n) is 16.0. The Hall–Kier alpha value is -3.24. The van der Waals surface area contributed by atoms with Crippen molar-refractivity contribution in [1.82, 2.24) is 0 Å². The van der Waals surface area contributed by atoms with Gasteiger partial charge in [-0.2, -0.15) is 0 Å². The molecular weight excluding hydrogens is 364 g/mol. The number of carboxylic acid groups (broad SMARTS) is 1. The number of aliphatic carboxylic acids is 1. The van der Waals surface area contributed by atoms with Gasteiger partial charge < -0.3 is 9.84 Å². The third-order valence-electron chi connectivity index (χ3n) is 5.41. The van der Waals surface area contributed by atoms with Crippen molar-refractivity contribution in [3.05, 3.63) is 95.6 Å². The first-order valence-corrected chi connectivity index (χ1v) is 9.73. The largest absolute Gasteiger partial charge is 0.480 e. The highest BCUT2D eigenvalue weighted by atomic mass is 16.5. The number of benzene rings is 3. The summed E-state index contributed by atoms with van der Waals surface area (Å²) in [5.41, 5.74) is 4.67. The molecule has 1 aliphatic rings.